The number of pyridine rings is 1. The van der Waals surface area contributed by atoms with Crippen molar-refractivity contribution in [3.63, 3.8) is 0 Å². The van der Waals surface area contributed by atoms with Crippen molar-refractivity contribution in [2.45, 2.75) is 25.4 Å². The molecule has 2 amide bonds. The summed E-state index contributed by atoms with van der Waals surface area (Å²) < 4.78 is 53.4. The van der Waals surface area contributed by atoms with Crippen LogP contribution < -0.4 is 9.62 Å². The second kappa shape index (κ2) is 7.69. The van der Waals surface area contributed by atoms with Crippen LogP contribution in [0.4, 0.5) is 19.4 Å². The molecule has 3 aromatic rings. The first-order valence-corrected chi connectivity index (χ1v) is 12.0. The third-order valence-corrected chi connectivity index (χ3v) is 7.56. The Labute approximate surface area is 184 Å². The van der Waals surface area contributed by atoms with Crippen LogP contribution in [0.3, 0.4) is 0 Å². The Morgan fingerprint density at radius 2 is 1.88 bits per heavy atom. The minimum Gasteiger partial charge on any atom is -0.318 e. The summed E-state index contributed by atoms with van der Waals surface area (Å²) in [7, 11) is -2.87. The zero-order chi connectivity index (χ0) is 22.6. The lowest BCUT2D eigenvalue weighted by Gasteiger charge is -2.34. The molecule has 170 valence electrons. The second-order valence-electron chi connectivity index (χ2n) is 8.02. The molecule has 2 aliphatic rings. The van der Waals surface area contributed by atoms with Crippen LogP contribution in [0.2, 0.25) is 0 Å². The number of aromatic nitrogens is 2. The van der Waals surface area contributed by atoms with E-state index in [1.807, 2.05) is 0 Å². The third kappa shape index (κ3) is 3.41. The molecule has 2 aromatic heterocycles. The summed E-state index contributed by atoms with van der Waals surface area (Å²) in [5, 5.41) is 0. The molecule has 11 heteroatoms. The van der Waals surface area contributed by atoms with Crippen LogP contribution in [0.15, 0.2) is 42.6 Å². The van der Waals surface area contributed by atoms with Crippen LogP contribution in [0.1, 0.15) is 13.3 Å². The van der Waals surface area contributed by atoms with Gasteiger partial charge >= 0.3 is 6.03 Å². The molecule has 1 aromatic carbocycles. The number of carbonyl (C=O) groups is 1. The summed E-state index contributed by atoms with van der Waals surface area (Å²) in [4.78, 5) is 20.8. The van der Waals surface area contributed by atoms with Crippen molar-refractivity contribution in [1.29, 1.82) is 0 Å². The Morgan fingerprint density at radius 1 is 1.16 bits per heavy atom. The van der Waals surface area contributed by atoms with E-state index in [2.05, 4.69) is 9.71 Å². The van der Waals surface area contributed by atoms with Crippen molar-refractivity contribution in [2.24, 2.45) is 0 Å². The number of amides is 2. The molecule has 2 aliphatic heterocycles. The number of fused-ring (bicyclic) bond motifs is 2. The molecule has 2 fully saturated rings. The van der Waals surface area contributed by atoms with Crippen LogP contribution in [-0.4, -0.2) is 60.3 Å². The van der Waals surface area contributed by atoms with Gasteiger partial charge < -0.3 is 4.90 Å². The van der Waals surface area contributed by atoms with Gasteiger partial charge in [-0.2, -0.15) is 0 Å². The van der Waals surface area contributed by atoms with Crippen LogP contribution in [-0.2, 0) is 0 Å². The molecule has 0 spiro atoms. The number of halogens is 2. The third-order valence-electron chi connectivity index (χ3n) is 6.05. The predicted molar refractivity (Wildman–Crippen MR) is 119 cm³/mol. The maximum absolute atomic E-state index is 14.5. The lowest BCUT2D eigenvalue weighted by Crippen LogP contribution is -2.39. The largest absolute Gasteiger partial charge is 0.326 e. The molecule has 8 nitrogen and oxygen atoms in total. The van der Waals surface area contributed by atoms with Gasteiger partial charge in [0, 0.05) is 24.9 Å². The molecule has 2 saturated heterocycles. The Hall–Kier alpha value is -2.73. The molecule has 32 heavy (non-hydrogen) atoms. The number of anilines is 1. The minimum atomic E-state index is -2.87. The number of urea groups is 1. The summed E-state index contributed by atoms with van der Waals surface area (Å²) in [6.07, 6.45) is 2.10. The quantitative estimate of drug-likeness (QED) is 0.533. The molecule has 5 rings (SSSR count). The molecule has 4 heterocycles. The maximum atomic E-state index is 14.5. The van der Waals surface area contributed by atoms with Crippen LogP contribution in [0.5, 0.6) is 0 Å². The lowest BCUT2D eigenvalue weighted by atomic mass is 10.1. The first-order chi connectivity index (χ1) is 15.3. The highest BCUT2D eigenvalue weighted by Crippen LogP contribution is 2.38. The summed E-state index contributed by atoms with van der Waals surface area (Å²) in [5.41, 5.74) is 0.553. The zero-order valence-electron chi connectivity index (χ0n) is 17.3. The van der Waals surface area contributed by atoms with E-state index in [9.17, 15) is 22.7 Å². The van der Waals surface area contributed by atoms with Crippen LogP contribution in [0.25, 0.3) is 16.9 Å². The van der Waals surface area contributed by atoms with Crippen molar-refractivity contribution in [3.8, 4) is 11.3 Å². The van der Waals surface area contributed by atoms with Crippen molar-refractivity contribution in [2.75, 3.05) is 23.7 Å². The van der Waals surface area contributed by atoms with Gasteiger partial charge in [-0.05, 0) is 37.6 Å². The number of benzene rings is 1. The van der Waals surface area contributed by atoms with E-state index < -0.39 is 22.4 Å². The standard InChI is InChI=1S/C21H23F2N5O3S/c1-2-32(30,31)25-13-9-14-12-27(21(29)26(14)11-13)19-10-24-18-8-4-7-17(28(18)19)20-15(22)5-3-6-16(20)23/h3-8,10,13-14,25,30-31H,2,9,11-12H2,1H3/t13-,14?/m0/s1. The summed E-state index contributed by atoms with van der Waals surface area (Å²) in [6.45, 7) is 2.40. The summed E-state index contributed by atoms with van der Waals surface area (Å²) >= 11 is 0. The van der Waals surface area contributed by atoms with Gasteiger partial charge in [0.25, 0.3) is 0 Å². The molecule has 0 aliphatic carbocycles. The first-order valence-electron chi connectivity index (χ1n) is 10.3. The molecule has 0 saturated carbocycles. The highest BCUT2D eigenvalue weighted by atomic mass is 32.3. The molecule has 0 bridgehead atoms. The number of imidazole rings is 1. The number of rotatable bonds is 5. The fourth-order valence-corrected chi connectivity index (χ4v) is 5.42. The minimum absolute atomic E-state index is 0.116. The molecule has 2 atom stereocenters. The Balaban J connectivity index is 1.48. The molecular weight excluding hydrogens is 440 g/mol. The fraction of sp³-hybridized carbons (Fsp3) is 0.333. The predicted octanol–water partition coefficient (Wildman–Crippen LogP) is 3.94. The molecule has 3 N–H and O–H groups in total. The van der Waals surface area contributed by atoms with Crippen molar-refractivity contribution < 1.29 is 22.7 Å². The van der Waals surface area contributed by atoms with E-state index in [4.69, 9.17) is 0 Å². The number of carbonyl (C=O) groups excluding carboxylic acids is 1. The smallest absolute Gasteiger partial charge is 0.318 e. The van der Waals surface area contributed by atoms with Gasteiger partial charge in [0.2, 0.25) is 0 Å². The summed E-state index contributed by atoms with van der Waals surface area (Å²) in [5.74, 6) is -0.769. The second-order valence-corrected chi connectivity index (χ2v) is 10.2. The van der Waals surface area contributed by atoms with Gasteiger partial charge in [0.15, 0.2) is 0 Å². The van der Waals surface area contributed by atoms with E-state index >= 15 is 0 Å². The Morgan fingerprint density at radius 3 is 2.56 bits per heavy atom. The van der Waals surface area contributed by atoms with E-state index in [-0.39, 0.29) is 35.1 Å². The molecule has 0 radical (unpaired) electrons. The Kier molecular flexibility index (Phi) is 5.08. The molecule has 1 unspecified atom stereocenters. The average Bonchev–Trinajstić information content (AvgIpc) is 3.42. The highest BCUT2D eigenvalue weighted by molar-refractivity contribution is 8.22. The van der Waals surface area contributed by atoms with E-state index in [1.165, 1.54) is 24.4 Å². The number of hydrogen-bond donors (Lipinski definition) is 3. The first kappa shape index (κ1) is 21.1. The maximum Gasteiger partial charge on any atom is 0.326 e. The average molecular weight is 464 g/mol. The normalized spacial score (nSPS) is 21.6. The number of hydrogen-bond acceptors (Lipinski definition) is 5. The topological polar surface area (TPSA) is 93.3 Å². The van der Waals surface area contributed by atoms with Crippen LogP contribution in [0, 0.1) is 11.6 Å². The van der Waals surface area contributed by atoms with Gasteiger partial charge in [-0.25, -0.2) is 23.3 Å². The van der Waals surface area contributed by atoms with Gasteiger partial charge in [-0.1, -0.05) is 12.1 Å². The zero-order valence-corrected chi connectivity index (χ0v) is 18.1. The van der Waals surface area contributed by atoms with Crippen molar-refractivity contribution >= 4 is 28.3 Å². The lowest BCUT2D eigenvalue weighted by molar-refractivity contribution is 0.218. The van der Waals surface area contributed by atoms with E-state index in [0.717, 1.165) is 0 Å². The molecular formula is C21H23F2N5O3S. The monoisotopic (exact) mass is 463 g/mol. The summed E-state index contributed by atoms with van der Waals surface area (Å²) in [6, 6.07) is 8.09. The Bertz CT molecular complexity index is 1180. The van der Waals surface area contributed by atoms with Gasteiger partial charge in [-0.15, -0.1) is 10.8 Å². The number of nitrogens with one attached hydrogen (secondary N) is 1. The van der Waals surface area contributed by atoms with Crippen molar-refractivity contribution in [3.05, 3.63) is 54.2 Å². The van der Waals surface area contributed by atoms with Crippen molar-refractivity contribution in [1.82, 2.24) is 19.0 Å². The fourth-order valence-electron chi connectivity index (χ4n) is 4.54. The van der Waals surface area contributed by atoms with Gasteiger partial charge in [0.05, 0.1) is 23.5 Å². The SMILES string of the molecule is CCS(O)(O)N[C@H]1CC2CN(c3cnc4cccc(-c5c(F)cccc5F)n34)C(=O)N2C1. The van der Waals surface area contributed by atoms with Gasteiger partial charge in [0.1, 0.15) is 23.1 Å². The van der Waals surface area contributed by atoms with E-state index in [1.54, 1.807) is 39.3 Å². The number of nitrogens with zero attached hydrogens (tertiary/aromatic N) is 4. The van der Waals surface area contributed by atoms with Gasteiger partial charge in [-0.3, -0.25) is 18.4 Å². The van der Waals surface area contributed by atoms with E-state index in [0.29, 0.717) is 31.0 Å². The highest BCUT2D eigenvalue weighted by Gasteiger charge is 2.46. The van der Waals surface area contributed by atoms with Crippen LogP contribution >= 0.6 is 10.8 Å².